The standard InChI is InChI=1S/C27H27NO5/c1-16-7-9-17(10-8-16)15-28-23(18-11-13-19(14-12-18)27(31)32-2)22-24(29)20-5-3-4-6-21(20)33-25(22)26(28)30/h7-14,20-21,23H,3-6,15H2,1-2H3. The molecule has 3 unspecified atom stereocenters. The average Bonchev–Trinajstić information content (AvgIpc) is 3.12. The summed E-state index contributed by atoms with van der Waals surface area (Å²) in [6.07, 6.45) is 3.39. The quantitative estimate of drug-likeness (QED) is 0.657. The highest BCUT2D eigenvalue weighted by atomic mass is 16.5. The predicted molar refractivity (Wildman–Crippen MR) is 121 cm³/mol. The maximum atomic E-state index is 13.6. The molecule has 2 heterocycles. The molecule has 1 saturated carbocycles. The summed E-state index contributed by atoms with van der Waals surface area (Å²) in [5.41, 5.74) is 3.78. The second-order valence-electron chi connectivity index (χ2n) is 9.09. The van der Waals surface area contributed by atoms with Crippen LogP contribution in [0.25, 0.3) is 0 Å². The molecule has 1 amide bonds. The molecule has 1 fully saturated rings. The highest BCUT2D eigenvalue weighted by Gasteiger charge is 2.51. The molecule has 6 heteroatoms. The number of Topliss-reactive ketones (excluding diaryl/α,β-unsaturated/α-hetero) is 1. The van der Waals surface area contributed by atoms with E-state index in [2.05, 4.69) is 0 Å². The highest BCUT2D eigenvalue weighted by Crippen LogP contribution is 2.47. The molecule has 0 saturated heterocycles. The van der Waals surface area contributed by atoms with Gasteiger partial charge in [-0.15, -0.1) is 0 Å². The first kappa shape index (κ1) is 21.4. The van der Waals surface area contributed by atoms with Gasteiger partial charge in [-0.25, -0.2) is 4.79 Å². The second-order valence-corrected chi connectivity index (χ2v) is 9.09. The number of hydrogen-bond donors (Lipinski definition) is 0. The molecule has 0 spiro atoms. The lowest BCUT2D eigenvalue weighted by Crippen LogP contribution is -2.39. The molecule has 0 radical (unpaired) electrons. The number of carbonyl (C=O) groups excluding carboxylic acids is 3. The van der Waals surface area contributed by atoms with Gasteiger partial charge in [0.25, 0.3) is 5.91 Å². The van der Waals surface area contributed by atoms with Gasteiger partial charge in [-0.3, -0.25) is 9.59 Å². The van der Waals surface area contributed by atoms with Gasteiger partial charge in [0.05, 0.1) is 30.2 Å². The molecule has 2 aliphatic heterocycles. The van der Waals surface area contributed by atoms with Crippen molar-refractivity contribution in [1.29, 1.82) is 0 Å². The minimum Gasteiger partial charge on any atom is -0.483 e. The molecule has 5 rings (SSSR count). The van der Waals surface area contributed by atoms with E-state index in [1.54, 1.807) is 29.2 Å². The fourth-order valence-electron chi connectivity index (χ4n) is 5.21. The Kier molecular flexibility index (Phi) is 5.52. The van der Waals surface area contributed by atoms with Crippen molar-refractivity contribution in [2.45, 2.75) is 51.3 Å². The van der Waals surface area contributed by atoms with E-state index in [-0.39, 0.29) is 29.5 Å². The molecule has 0 bridgehead atoms. The van der Waals surface area contributed by atoms with E-state index in [0.717, 1.165) is 42.4 Å². The lowest BCUT2D eigenvalue weighted by atomic mass is 9.77. The number of rotatable bonds is 4. The Morgan fingerprint density at radius 1 is 1.03 bits per heavy atom. The summed E-state index contributed by atoms with van der Waals surface area (Å²) in [7, 11) is 1.34. The third kappa shape index (κ3) is 3.73. The van der Waals surface area contributed by atoms with E-state index >= 15 is 0 Å². The number of hydrogen-bond acceptors (Lipinski definition) is 5. The summed E-state index contributed by atoms with van der Waals surface area (Å²) in [5, 5.41) is 0. The van der Waals surface area contributed by atoms with Gasteiger partial charge in [0, 0.05) is 6.54 Å². The zero-order valence-electron chi connectivity index (χ0n) is 18.9. The monoisotopic (exact) mass is 445 g/mol. The van der Waals surface area contributed by atoms with Crippen molar-refractivity contribution in [2.75, 3.05) is 7.11 Å². The van der Waals surface area contributed by atoms with Crippen LogP contribution in [-0.2, 0) is 25.6 Å². The molecular formula is C27H27NO5. The minimum atomic E-state index is -0.545. The predicted octanol–water partition coefficient (Wildman–Crippen LogP) is 4.28. The van der Waals surface area contributed by atoms with Crippen molar-refractivity contribution in [3.63, 3.8) is 0 Å². The summed E-state index contributed by atoms with van der Waals surface area (Å²) in [4.78, 5) is 40.8. The van der Waals surface area contributed by atoms with Crippen LogP contribution in [0.15, 0.2) is 59.9 Å². The van der Waals surface area contributed by atoms with Crippen molar-refractivity contribution >= 4 is 17.7 Å². The van der Waals surface area contributed by atoms with Crippen LogP contribution in [0, 0.1) is 12.8 Å². The van der Waals surface area contributed by atoms with Gasteiger partial charge in [0.2, 0.25) is 0 Å². The summed E-state index contributed by atoms with van der Waals surface area (Å²) in [5.74, 6) is -0.630. The van der Waals surface area contributed by atoms with E-state index in [1.165, 1.54) is 7.11 Å². The third-order valence-corrected chi connectivity index (χ3v) is 6.98. The lowest BCUT2D eigenvalue weighted by Gasteiger charge is -2.35. The second kappa shape index (κ2) is 8.50. The third-order valence-electron chi connectivity index (χ3n) is 6.98. The Morgan fingerprint density at radius 3 is 2.42 bits per heavy atom. The molecule has 170 valence electrons. The molecule has 3 atom stereocenters. The van der Waals surface area contributed by atoms with Crippen LogP contribution in [0.3, 0.4) is 0 Å². The molecule has 2 aromatic carbocycles. The Bertz CT molecular complexity index is 1130. The Morgan fingerprint density at radius 2 is 1.73 bits per heavy atom. The van der Waals surface area contributed by atoms with Crippen molar-refractivity contribution in [2.24, 2.45) is 5.92 Å². The van der Waals surface area contributed by atoms with Crippen LogP contribution in [0.1, 0.15) is 58.8 Å². The summed E-state index contributed by atoms with van der Waals surface area (Å²) < 4.78 is 11.0. The fraction of sp³-hybridized carbons (Fsp3) is 0.370. The Balaban J connectivity index is 1.56. The number of carbonyl (C=O) groups is 3. The zero-order valence-corrected chi connectivity index (χ0v) is 18.9. The Labute approximate surface area is 193 Å². The van der Waals surface area contributed by atoms with Gasteiger partial charge in [0.15, 0.2) is 11.5 Å². The number of ether oxygens (including phenoxy) is 2. The van der Waals surface area contributed by atoms with E-state index in [0.29, 0.717) is 17.7 Å². The molecule has 33 heavy (non-hydrogen) atoms. The van der Waals surface area contributed by atoms with E-state index in [1.807, 2.05) is 31.2 Å². The topological polar surface area (TPSA) is 72.9 Å². The lowest BCUT2D eigenvalue weighted by molar-refractivity contribution is -0.135. The van der Waals surface area contributed by atoms with Crippen LogP contribution < -0.4 is 0 Å². The number of amides is 1. The molecule has 0 aromatic heterocycles. The van der Waals surface area contributed by atoms with Crippen LogP contribution in [0.5, 0.6) is 0 Å². The van der Waals surface area contributed by atoms with E-state index < -0.39 is 12.0 Å². The fourth-order valence-corrected chi connectivity index (χ4v) is 5.21. The van der Waals surface area contributed by atoms with Gasteiger partial charge < -0.3 is 14.4 Å². The van der Waals surface area contributed by atoms with Gasteiger partial charge in [-0.1, -0.05) is 48.4 Å². The average molecular weight is 446 g/mol. The van der Waals surface area contributed by atoms with Crippen LogP contribution in [0.4, 0.5) is 0 Å². The van der Waals surface area contributed by atoms with Crippen molar-refractivity contribution in [1.82, 2.24) is 4.90 Å². The van der Waals surface area contributed by atoms with E-state index in [4.69, 9.17) is 9.47 Å². The maximum Gasteiger partial charge on any atom is 0.337 e. The number of benzene rings is 2. The van der Waals surface area contributed by atoms with Crippen LogP contribution >= 0.6 is 0 Å². The number of esters is 1. The van der Waals surface area contributed by atoms with Gasteiger partial charge >= 0.3 is 5.97 Å². The zero-order chi connectivity index (χ0) is 23.1. The van der Waals surface area contributed by atoms with Gasteiger partial charge in [0.1, 0.15) is 6.10 Å². The number of aryl methyl sites for hydroxylation is 1. The minimum absolute atomic E-state index is 0.0303. The first-order valence-corrected chi connectivity index (χ1v) is 11.5. The van der Waals surface area contributed by atoms with Gasteiger partial charge in [-0.2, -0.15) is 0 Å². The Hall–Kier alpha value is -3.41. The van der Waals surface area contributed by atoms with Crippen molar-refractivity contribution in [3.8, 4) is 0 Å². The van der Waals surface area contributed by atoms with Crippen LogP contribution in [0.2, 0.25) is 0 Å². The van der Waals surface area contributed by atoms with E-state index in [9.17, 15) is 14.4 Å². The number of methoxy groups -OCH3 is 1. The number of ketones is 1. The molecule has 3 aliphatic rings. The summed E-state index contributed by atoms with van der Waals surface area (Å²) in [6, 6.07) is 14.4. The highest BCUT2D eigenvalue weighted by molar-refractivity contribution is 6.11. The smallest absolute Gasteiger partial charge is 0.337 e. The molecule has 0 N–H and O–H groups in total. The van der Waals surface area contributed by atoms with Crippen molar-refractivity contribution < 1.29 is 23.9 Å². The molecule has 2 aromatic rings. The molecule has 1 aliphatic carbocycles. The molecule has 6 nitrogen and oxygen atoms in total. The summed E-state index contributed by atoms with van der Waals surface area (Å²) >= 11 is 0. The van der Waals surface area contributed by atoms with Gasteiger partial charge in [-0.05, 0) is 49.4 Å². The first-order chi connectivity index (χ1) is 16.0. The van der Waals surface area contributed by atoms with Crippen LogP contribution in [-0.4, -0.2) is 35.8 Å². The SMILES string of the molecule is COC(=O)c1ccc(C2C3=C(OC4CCCCC4C3=O)C(=O)N2Cc2ccc(C)cc2)cc1. The molecular weight excluding hydrogens is 418 g/mol. The normalized spacial score (nSPS) is 24.3. The van der Waals surface area contributed by atoms with Crippen molar-refractivity contribution in [3.05, 3.63) is 82.1 Å². The number of nitrogens with zero attached hydrogens (tertiary/aromatic N) is 1. The number of fused-ring (bicyclic) bond motifs is 1. The maximum absolute atomic E-state index is 13.6. The first-order valence-electron chi connectivity index (χ1n) is 11.5. The summed E-state index contributed by atoms with van der Waals surface area (Å²) in [6.45, 7) is 2.38. The largest absolute Gasteiger partial charge is 0.483 e.